The number of hydrogen-bond donors (Lipinski definition) is 0. The summed E-state index contributed by atoms with van der Waals surface area (Å²) in [6.07, 6.45) is 0. The van der Waals surface area contributed by atoms with Gasteiger partial charge in [0, 0.05) is 0 Å². The summed E-state index contributed by atoms with van der Waals surface area (Å²) in [5, 5.41) is 4.25. The molecule has 4 nitrogen and oxygen atoms in total. The van der Waals surface area contributed by atoms with Crippen molar-refractivity contribution < 1.29 is 13.9 Å². The molecule has 0 unspecified atom stereocenters. The summed E-state index contributed by atoms with van der Waals surface area (Å²) in [5.41, 5.74) is 2.02. The maximum Gasteiger partial charge on any atom is 0.356 e. The summed E-state index contributed by atoms with van der Waals surface area (Å²) >= 11 is 0. The van der Waals surface area contributed by atoms with Crippen LogP contribution in [0.15, 0.2) is 30.3 Å². The zero-order valence-corrected chi connectivity index (χ0v) is 10.9. The minimum atomic E-state index is -0.398. The second-order valence-electron chi connectivity index (χ2n) is 4.18. The van der Waals surface area contributed by atoms with Gasteiger partial charge in [0.25, 0.3) is 0 Å². The molecule has 0 atom stereocenters. The lowest BCUT2D eigenvalue weighted by molar-refractivity contribution is 0.0512. The molecule has 0 saturated heterocycles. The van der Waals surface area contributed by atoms with E-state index in [0.717, 1.165) is 11.3 Å². The lowest BCUT2D eigenvalue weighted by Crippen LogP contribution is -2.14. The van der Waals surface area contributed by atoms with Crippen LogP contribution < -0.4 is 0 Å². The Kier molecular flexibility index (Phi) is 3.94. The summed E-state index contributed by atoms with van der Waals surface area (Å²) in [4.78, 5) is 11.8. The molecule has 0 saturated carbocycles. The number of benzene rings is 1. The predicted octanol–water partition coefficient (Wildman–Crippen LogP) is 2.56. The van der Waals surface area contributed by atoms with E-state index in [2.05, 4.69) is 5.10 Å². The molecule has 0 radical (unpaired) electrons. The van der Waals surface area contributed by atoms with Crippen molar-refractivity contribution in [3.8, 4) is 0 Å². The fourth-order valence-corrected chi connectivity index (χ4v) is 1.80. The van der Waals surface area contributed by atoms with Crippen molar-refractivity contribution in [1.82, 2.24) is 9.78 Å². The van der Waals surface area contributed by atoms with Gasteiger partial charge in [0.2, 0.25) is 0 Å². The number of aromatic nitrogens is 2. The number of ether oxygens (including phenoxy) is 1. The summed E-state index contributed by atoms with van der Waals surface area (Å²) in [6, 6.07) is 7.79. The van der Waals surface area contributed by atoms with Crippen LogP contribution >= 0.6 is 0 Å². The van der Waals surface area contributed by atoms with E-state index in [4.69, 9.17) is 4.74 Å². The molecule has 1 heterocycles. The molecule has 0 aliphatic heterocycles. The summed E-state index contributed by atoms with van der Waals surface area (Å²) in [6.45, 7) is 4.29. The Balaban J connectivity index is 2.24. The van der Waals surface area contributed by atoms with Crippen molar-refractivity contribution in [1.29, 1.82) is 0 Å². The van der Waals surface area contributed by atoms with E-state index in [1.807, 2.05) is 6.92 Å². The number of hydrogen-bond acceptors (Lipinski definition) is 3. The van der Waals surface area contributed by atoms with E-state index >= 15 is 0 Å². The van der Waals surface area contributed by atoms with Crippen molar-refractivity contribution in [3.63, 3.8) is 0 Å². The van der Waals surface area contributed by atoms with Crippen LogP contribution in [0.1, 0.15) is 28.7 Å². The van der Waals surface area contributed by atoms with E-state index in [-0.39, 0.29) is 5.82 Å². The van der Waals surface area contributed by atoms with Gasteiger partial charge in [0.05, 0.1) is 18.8 Å². The molecular weight excluding hydrogens is 247 g/mol. The predicted molar refractivity (Wildman–Crippen MR) is 68.4 cm³/mol. The second-order valence-corrected chi connectivity index (χ2v) is 4.18. The topological polar surface area (TPSA) is 44.1 Å². The number of rotatable bonds is 4. The average Bonchev–Trinajstić information content (AvgIpc) is 2.74. The highest BCUT2D eigenvalue weighted by Crippen LogP contribution is 2.10. The first-order valence-electron chi connectivity index (χ1n) is 6.06. The first kappa shape index (κ1) is 13.3. The lowest BCUT2D eigenvalue weighted by atomic mass is 10.2. The zero-order valence-electron chi connectivity index (χ0n) is 10.9. The fourth-order valence-electron chi connectivity index (χ4n) is 1.80. The Morgan fingerprint density at radius 3 is 2.68 bits per heavy atom. The molecule has 0 fully saturated rings. The van der Waals surface area contributed by atoms with Gasteiger partial charge in [-0.1, -0.05) is 12.1 Å². The van der Waals surface area contributed by atoms with Crippen LogP contribution in [-0.4, -0.2) is 22.4 Å². The molecule has 5 heteroatoms. The van der Waals surface area contributed by atoms with Crippen LogP contribution in [0.2, 0.25) is 0 Å². The van der Waals surface area contributed by atoms with Gasteiger partial charge in [0.15, 0.2) is 0 Å². The van der Waals surface area contributed by atoms with Crippen LogP contribution in [0.5, 0.6) is 0 Å². The van der Waals surface area contributed by atoms with Gasteiger partial charge in [-0.15, -0.1) is 0 Å². The van der Waals surface area contributed by atoms with Gasteiger partial charge in [-0.3, -0.25) is 4.68 Å². The van der Waals surface area contributed by atoms with E-state index in [9.17, 15) is 9.18 Å². The van der Waals surface area contributed by atoms with Crippen molar-refractivity contribution >= 4 is 5.97 Å². The van der Waals surface area contributed by atoms with Gasteiger partial charge in [0.1, 0.15) is 11.5 Å². The molecule has 2 aromatic rings. The highest BCUT2D eigenvalue weighted by Gasteiger charge is 2.15. The molecule has 100 valence electrons. The molecule has 1 aromatic carbocycles. The maximum atomic E-state index is 12.8. The Bertz CT molecular complexity index is 576. The van der Waals surface area contributed by atoms with Crippen LogP contribution in [0.3, 0.4) is 0 Å². The third kappa shape index (κ3) is 3.19. The molecule has 0 N–H and O–H groups in total. The molecule has 0 aliphatic carbocycles. The number of nitrogens with zero attached hydrogens (tertiary/aromatic N) is 2. The standard InChI is InChI=1S/C14H15FN2O2/c1-3-19-14(18)13-8-10(2)16-17(13)9-11-4-6-12(15)7-5-11/h4-8H,3,9H2,1-2H3. The summed E-state index contributed by atoms with van der Waals surface area (Å²) in [7, 11) is 0. The first-order valence-corrected chi connectivity index (χ1v) is 6.06. The van der Waals surface area contributed by atoms with E-state index in [1.165, 1.54) is 12.1 Å². The molecule has 0 aliphatic rings. The number of carbonyl (C=O) groups is 1. The van der Waals surface area contributed by atoms with Crippen molar-refractivity contribution in [2.24, 2.45) is 0 Å². The Hall–Kier alpha value is -2.17. The van der Waals surface area contributed by atoms with E-state index < -0.39 is 5.97 Å². The Morgan fingerprint density at radius 1 is 1.37 bits per heavy atom. The van der Waals surface area contributed by atoms with Gasteiger partial charge in [-0.25, -0.2) is 9.18 Å². The molecule has 0 amide bonds. The molecule has 19 heavy (non-hydrogen) atoms. The third-order valence-electron chi connectivity index (χ3n) is 2.63. The molecule has 2 rings (SSSR count). The maximum absolute atomic E-state index is 12.8. The van der Waals surface area contributed by atoms with Gasteiger partial charge in [-0.05, 0) is 37.6 Å². The normalized spacial score (nSPS) is 10.5. The van der Waals surface area contributed by atoms with E-state index in [1.54, 1.807) is 29.8 Å². The van der Waals surface area contributed by atoms with Crippen LogP contribution in [-0.2, 0) is 11.3 Å². The summed E-state index contributed by atoms with van der Waals surface area (Å²) in [5.74, 6) is -0.684. The molecule has 0 bridgehead atoms. The number of esters is 1. The first-order chi connectivity index (χ1) is 9.10. The van der Waals surface area contributed by atoms with Gasteiger partial charge < -0.3 is 4.74 Å². The quantitative estimate of drug-likeness (QED) is 0.795. The van der Waals surface area contributed by atoms with Crippen LogP contribution in [0, 0.1) is 12.7 Å². The van der Waals surface area contributed by atoms with Gasteiger partial charge >= 0.3 is 5.97 Å². The number of carbonyl (C=O) groups excluding carboxylic acids is 1. The summed E-state index contributed by atoms with van der Waals surface area (Å²) < 4.78 is 19.4. The van der Waals surface area contributed by atoms with Crippen molar-refractivity contribution in [2.75, 3.05) is 6.61 Å². The zero-order chi connectivity index (χ0) is 13.8. The highest BCUT2D eigenvalue weighted by molar-refractivity contribution is 5.87. The number of halogens is 1. The average molecular weight is 262 g/mol. The monoisotopic (exact) mass is 262 g/mol. The van der Waals surface area contributed by atoms with Crippen LogP contribution in [0.25, 0.3) is 0 Å². The lowest BCUT2D eigenvalue weighted by Gasteiger charge is -2.07. The largest absolute Gasteiger partial charge is 0.461 e. The minimum Gasteiger partial charge on any atom is -0.461 e. The van der Waals surface area contributed by atoms with E-state index in [0.29, 0.717) is 18.8 Å². The Labute approximate surface area is 110 Å². The van der Waals surface area contributed by atoms with Crippen LogP contribution in [0.4, 0.5) is 4.39 Å². The minimum absolute atomic E-state index is 0.286. The van der Waals surface area contributed by atoms with Crippen molar-refractivity contribution in [3.05, 3.63) is 53.1 Å². The van der Waals surface area contributed by atoms with Crippen molar-refractivity contribution in [2.45, 2.75) is 20.4 Å². The SMILES string of the molecule is CCOC(=O)c1cc(C)nn1Cc1ccc(F)cc1. The molecule has 0 spiro atoms. The van der Waals surface area contributed by atoms with Gasteiger partial charge in [-0.2, -0.15) is 5.10 Å². The molecule has 1 aromatic heterocycles. The third-order valence-corrected chi connectivity index (χ3v) is 2.63. The second kappa shape index (κ2) is 5.65. The molecular formula is C14H15FN2O2. The highest BCUT2D eigenvalue weighted by atomic mass is 19.1. The fraction of sp³-hybridized carbons (Fsp3) is 0.286. The number of aryl methyl sites for hydroxylation is 1. The Morgan fingerprint density at radius 2 is 2.05 bits per heavy atom. The smallest absolute Gasteiger partial charge is 0.356 e.